The Morgan fingerprint density at radius 2 is 1.72 bits per heavy atom. The summed E-state index contributed by atoms with van der Waals surface area (Å²) in [6.07, 6.45) is 7.71. The second-order valence-corrected chi connectivity index (χ2v) is 5.01. The van der Waals surface area contributed by atoms with Gasteiger partial charge in [0, 0.05) is 12.3 Å². The standard InChI is InChI=1S/C14H19NO3/c16-12-8-4-7-11-15(12)14(13(17)18)9-5-2-1-3-6-10-14/h4,7-8,11H,1-3,5-6,9-10H2,(H,17,18). The summed E-state index contributed by atoms with van der Waals surface area (Å²) in [4.78, 5) is 23.7. The quantitative estimate of drug-likeness (QED) is 0.875. The lowest BCUT2D eigenvalue weighted by Crippen LogP contribution is -2.47. The van der Waals surface area contributed by atoms with Crippen LogP contribution in [0.1, 0.15) is 44.9 Å². The van der Waals surface area contributed by atoms with E-state index in [0.717, 1.165) is 25.7 Å². The first-order valence-electron chi connectivity index (χ1n) is 6.58. The van der Waals surface area contributed by atoms with Gasteiger partial charge < -0.3 is 5.11 Å². The molecule has 1 aromatic rings. The number of rotatable bonds is 2. The summed E-state index contributed by atoms with van der Waals surface area (Å²) in [5.74, 6) is -0.877. The number of carboxylic acids is 1. The van der Waals surface area contributed by atoms with Gasteiger partial charge in [0.2, 0.25) is 0 Å². The van der Waals surface area contributed by atoms with Gasteiger partial charge in [0.05, 0.1) is 0 Å². The van der Waals surface area contributed by atoms with Crippen LogP contribution in [0, 0.1) is 0 Å². The van der Waals surface area contributed by atoms with Crippen LogP contribution in [0.25, 0.3) is 0 Å². The molecule has 0 spiro atoms. The predicted molar refractivity (Wildman–Crippen MR) is 68.6 cm³/mol. The van der Waals surface area contributed by atoms with Crippen LogP contribution in [0.5, 0.6) is 0 Å². The van der Waals surface area contributed by atoms with E-state index in [1.165, 1.54) is 17.1 Å². The zero-order valence-electron chi connectivity index (χ0n) is 10.5. The molecule has 0 aromatic carbocycles. The third-order valence-corrected chi connectivity index (χ3v) is 3.86. The second-order valence-electron chi connectivity index (χ2n) is 5.01. The van der Waals surface area contributed by atoms with Crippen LogP contribution >= 0.6 is 0 Å². The van der Waals surface area contributed by atoms with E-state index in [9.17, 15) is 14.7 Å². The highest BCUT2D eigenvalue weighted by Crippen LogP contribution is 2.32. The Bertz CT molecular complexity index is 470. The molecular weight excluding hydrogens is 230 g/mol. The summed E-state index contributed by atoms with van der Waals surface area (Å²) in [6.45, 7) is 0. The van der Waals surface area contributed by atoms with Gasteiger partial charge >= 0.3 is 5.97 Å². The minimum absolute atomic E-state index is 0.222. The third-order valence-electron chi connectivity index (χ3n) is 3.86. The van der Waals surface area contributed by atoms with Crippen LogP contribution in [0.15, 0.2) is 29.2 Å². The molecule has 0 atom stereocenters. The van der Waals surface area contributed by atoms with Crippen molar-refractivity contribution >= 4 is 5.97 Å². The monoisotopic (exact) mass is 249 g/mol. The van der Waals surface area contributed by atoms with Gasteiger partial charge in [-0.25, -0.2) is 4.79 Å². The van der Waals surface area contributed by atoms with Crippen molar-refractivity contribution in [1.29, 1.82) is 0 Å². The molecule has 1 saturated carbocycles. The Labute approximate surface area is 106 Å². The Hall–Kier alpha value is -1.58. The zero-order valence-corrected chi connectivity index (χ0v) is 10.5. The summed E-state index contributed by atoms with van der Waals surface area (Å²) in [6, 6.07) is 4.81. The minimum atomic E-state index is -1.04. The Morgan fingerprint density at radius 3 is 2.28 bits per heavy atom. The third kappa shape index (κ3) is 2.33. The fourth-order valence-corrected chi connectivity index (χ4v) is 2.83. The maximum atomic E-state index is 11.9. The molecule has 1 aromatic heterocycles. The van der Waals surface area contributed by atoms with Crippen LogP contribution in [-0.4, -0.2) is 15.6 Å². The molecule has 0 radical (unpaired) electrons. The Morgan fingerprint density at radius 1 is 1.11 bits per heavy atom. The minimum Gasteiger partial charge on any atom is -0.479 e. The maximum absolute atomic E-state index is 11.9. The van der Waals surface area contributed by atoms with E-state index in [4.69, 9.17) is 0 Å². The van der Waals surface area contributed by atoms with Crippen LogP contribution in [0.3, 0.4) is 0 Å². The van der Waals surface area contributed by atoms with Gasteiger partial charge in [-0.3, -0.25) is 9.36 Å². The van der Waals surface area contributed by atoms with Crippen molar-refractivity contribution in [3.63, 3.8) is 0 Å². The highest BCUT2D eigenvalue weighted by molar-refractivity contribution is 5.76. The van der Waals surface area contributed by atoms with Crippen molar-refractivity contribution < 1.29 is 9.90 Å². The number of carbonyl (C=O) groups is 1. The number of hydrogen-bond acceptors (Lipinski definition) is 2. The molecule has 0 unspecified atom stereocenters. The van der Waals surface area contributed by atoms with Crippen molar-refractivity contribution in [3.05, 3.63) is 34.7 Å². The topological polar surface area (TPSA) is 59.3 Å². The fourth-order valence-electron chi connectivity index (χ4n) is 2.83. The molecular formula is C14H19NO3. The van der Waals surface area contributed by atoms with Crippen molar-refractivity contribution in [1.82, 2.24) is 4.57 Å². The molecule has 2 rings (SSSR count). The number of hydrogen-bond donors (Lipinski definition) is 1. The molecule has 18 heavy (non-hydrogen) atoms. The van der Waals surface area contributed by atoms with Gasteiger partial charge in [-0.1, -0.05) is 38.2 Å². The SMILES string of the molecule is O=C(O)C1(n2ccccc2=O)CCCCCCC1. The van der Waals surface area contributed by atoms with Crippen molar-refractivity contribution in [2.24, 2.45) is 0 Å². The number of aliphatic carboxylic acids is 1. The Balaban J connectivity index is 2.45. The van der Waals surface area contributed by atoms with E-state index in [0.29, 0.717) is 12.8 Å². The molecule has 0 saturated heterocycles. The van der Waals surface area contributed by atoms with Gasteiger partial charge in [0.1, 0.15) is 5.54 Å². The van der Waals surface area contributed by atoms with Gasteiger partial charge in [0.15, 0.2) is 0 Å². The van der Waals surface area contributed by atoms with Crippen LogP contribution in [-0.2, 0) is 10.3 Å². The second kappa shape index (κ2) is 5.38. The summed E-state index contributed by atoms with van der Waals surface area (Å²) in [7, 11) is 0. The van der Waals surface area contributed by atoms with Crippen molar-refractivity contribution in [2.45, 2.75) is 50.5 Å². The molecule has 1 aliphatic carbocycles. The van der Waals surface area contributed by atoms with E-state index in [1.807, 2.05) is 0 Å². The lowest BCUT2D eigenvalue weighted by molar-refractivity contribution is -0.149. The highest BCUT2D eigenvalue weighted by Gasteiger charge is 2.40. The number of aromatic nitrogens is 1. The molecule has 98 valence electrons. The molecule has 1 aliphatic rings. The first-order valence-corrected chi connectivity index (χ1v) is 6.58. The van der Waals surface area contributed by atoms with Gasteiger partial charge in [0.25, 0.3) is 5.56 Å². The van der Waals surface area contributed by atoms with E-state index < -0.39 is 11.5 Å². The molecule has 1 fully saturated rings. The summed E-state index contributed by atoms with van der Waals surface area (Å²) in [5.41, 5.74) is -1.26. The fraction of sp³-hybridized carbons (Fsp3) is 0.571. The van der Waals surface area contributed by atoms with E-state index in [2.05, 4.69) is 0 Å². The smallest absolute Gasteiger partial charge is 0.329 e. The normalized spacial score (nSPS) is 19.8. The summed E-state index contributed by atoms with van der Waals surface area (Å²) in [5, 5.41) is 9.62. The first-order chi connectivity index (χ1) is 8.67. The van der Waals surface area contributed by atoms with Crippen molar-refractivity contribution in [3.8, 4) is 0 Å². The molecule has 1 N–H and O–H groups in total. The number of carboxylic acid groups (broad SMARTS) is 1. The number of nitrogens with zero attached hydrogens (tertiary/aromatic N) is 1. The molecule has 4 heteroatoms. The number of pyridine rings is 1. The largest absolute Gasteiger partial charge is 0.479 e. The highest BCUT2D eigenvalue weighted by atomic mass is 16.4. The molecule has 1 heterocycles. The van der Waals surface area contributed by atoms with Crippen molar-refractivity contribution in [2.75, 3.05) is 0 Å². The van der Waals surface area contributed by atoms with Gasteiger partial charge in [-0.2, -0.15) is 0 Å². The first kappa shape index (κ1) is 12.9. The maximum Gasteiger partial charge on any atom is 0.329 e. The molecule has 4 nitrogen and oxygen atoms in total. The van der Waals surface area contributed by atoms with Crippen LogP contribution in [0.4, 0.5) is 0 Å². The molecule has 0 aliphatic heterocycles. The lowest BCUT2D eigenvalue weighted by atomic mass is 9.83. The summed E-state index contributed by atoms with van der Waals surface area (Å²) < 4.78 is 1.42. The van der Waals surface area contributed by atoms with Crippen LogP contribution in [0.2, 0.25) is 0 Å². The summed E-state index contributed by atoms with van der Waals surface area (Å²) >= 11 is 0. The molecule has 0 bridgehead atoms. The van der Waals surface area contributed by atoms with Gasteiger partial charge in [-0.15, -0.1) is 0 Å². The zero-order chi connectivity index (χ0) is 13.0. The Kier molecular flexibility index (Phi) is 3.84. The lowest BCUT2D eigenvalue weighted by Gasteiger charge is -2.33. The predicted octanol–water partition coefficient (Wildman–Crippen LogP) is 2.37. The average molecular weight is 249 g/mol. The van der Waals surface area contributed by atoms with E-state index in [1.54, 1.807) is 18.3 Å². The van der Waals surface area contributed by atoms with E-state index in [-0.39, 0.29) is 5.56 Å². The van der Waals surface area contributed by atoms with E-state index >= 15 is 0 Å². The van der Waals surface area contributed by atoms with Crippen LogP contribution < -0.4 is 5.56 Å². The molecule has 0 amide bonds. The van der Waals surface area contributed by atoms with Gasteiger partial charge in [-0.05, 0) is 18.9 Å². The average Bonchev–Trinajstić information content (AvgIpc) is 2.30.